The van der Waals surface area contributed by atoms with Gasteiger partial charge in [-0.25, -0.2) is 15.0 Å². The molecule has 1 fully saturated rings. The van der Waals surface area contributed by atoms with Crippen LogP contribution < -0.4 is 10.2 Å². The Morgan fingerprint density at radius 1 is 1.00 bits per heavy atom. The number of pyridine rings is 1. The first kappa shape index (κ1) is 13.0. The summed E-state index contributed by atoms with van der Waals surface area (Å²) in [6.07, 6.45) is 9.07. The van der Waals surface area contributed by atoms with Crippen molar-refractivity contribution in [3.8, 4) is 0 Å². The van der Waals surface area contributed by atoms with E-state index in [0.717, 1.165) is 43.5 Å². The summed E-state index contributed by atoms with van der Waals surface area (Å²) in [5.41, 5.74) is 1.68. The van der Waals surface area contributed by atoms with Gasteiger partial charge in [0.1, 0.15) is 5.82 Å². The minimum atomic E-state index is 0.716. The van der Waals surface area contributed by atoms with Gasteiger partial charge in [0.05, 0.1) is 25.1 Å². The van der Waals surface area contributed by atoms with Gasteiger partial charge in [-0.2, -0.15) is 0 Å². The maximum atomic E-state index is 5.36. The van der Waals surface area contributed by atoms with Crippen LogP contribution in [-0.2, 0) is 4.74 Å². The molecule has 1 saturated heterocycles. The van der Waals surface area contributed by atoms with Crippen molar-refractivity contribution in [2.45, 2.75) is 0 Å². The van der Waals surface area contributed by atoms with E-state index in [1.807, 2.05) is 35.1 Å². The summed E-state index contributed by atoms with van der Waals surface area (Å²) in [6.45, 7) is 3.28. The molecule has 1 aliphatic heterocycles. The van der Waals surface area contributed by atoms with Crippen LogP contribution >= 0.6 is 0 Å². The molecule has 4 rings (SSSR count). The van der Waals surface area contributed by atoms with Crippen LogP contribution in [-0.4, -0.2) is 45.7 Å². The van der Waals surface area contributed by atoms with Crippen LogP contribution in [0.15, 0.2) is 43.1 Å². The summed E-state index contributed by atoms with van der Waals surface area (Å²) < 4.78 is 7.28. The molecule has 0 amide bonds. The number of hydrogen-bond acceptors (Lipinski definition) is 6. The van der Waals surface area contributed by atoms with Gasteiger partial charge in [0, 0.05) is 37.9 Å². The lowest BCUT2D eigenvalue weighted by Crippen LogP contribution is -2.36. The summed E-state index contributed by atoms with van der Waals surface area (Å²) in [7, 11) is 0. The lowest BCUT2D eigenvalue weighted by molar-refractivity contribution is 0.122. The topological polar surface area (TPSA) is 67.6 Å². The van der Waals surface area contributed by atoms with Gasteiger partial charge in [-0.1, -0.05) is 0 Å². The van der Waals surface area contributed by atoms with Crippen molar-refractivity contribution in [3.05, 3.63) is 43.1 Å². The fourth-order valence-electron chi connectivity index (χ4n) is 2.52. The molecule has 1 aliphatic rings. The summed E-state index contributed by atoms with van der Waals surface area (Å²) in [4.78, 5) is 15.4. The summed E-state index contributed by atoms with van der Waals surface area (Å²) >= 11 is 0. The number of ether oxygens (including phenoxy) is 1. The van der Waals surface area contributed by atoms with E-state index in [1.54, 1.807) is 12.4 Å². The van der Waals surface area contributed by atoms with Crippen LogP contribution in [0.1, 0.15) is 0 Å². The number of aromatic nitrogens is 4. The van der Waals surface area contributed by atoms with Gasteiger partial charge in [-0.15, -0.1) is 0 Å². The first-order valence-electron chi connectivity index (χ1n) is 7.23. The van der Waals surface area contributed by atoms with Gasteiger partial charge in [-0.05, 0) is 12.1 Å². The number of morpholine rings is 1. The quantitative estimate of drug-likeness (QED) is 0.793. The molecule has 0 saturated carbocycles. The number of rotatable bonds is 3. The zero-order valence-corrected chi connectivity index (χ0v) is 12.0. The fraction of sp³-hybridized carbons (Fsp3) is 0.267. The monoisotopic (exact) mass is 296 g/mol. The van der Waals surface area contributed by atoms with Crippen LogP contribution in [0, 0.1) is 0 Å². The lowest BCUT2D eigenvalue weighted by Gasteiger charge is -2.27. The molecular weight excluding hydrogens is 280 g/mol. The fourth-order valence-corrected chi connectivity index (χ4v) is 2.52. The predicted molar refractivity (Wildman–Crippen MR) is 83.5 cm³/mol. The molecule has 4 heterocycles. The number of anilines is 3. The third kappa shape index (κ3) is 2.46. The minimum absolute atomic E-state index is 0.716. The molecule has 0 aliphatic carbocycles. The van der Waals surface area contributed by atoms with Gasteiger partial charge in [-0.3, -0.25) is 0 Å². The van der Waals surface area contributed by atoms with Crippen molar-refractivity contribution >= 4 is 23.0 Å². The Bertz CT molecular complexity index is 763. The first-order valence-corrected chi connectivity index (χ1v) is 7.23. The zero-order chi connectivity index (χ0) is 14.8. The summed E-state index contributed by atoms with van der Waals surface area (Å²) in [5, 5.41) is 3.26. The Morgan fingerprint density at radius 2 is 1.82 bits per heavy atom. The number of nitrogens with one attached hydrogen (secondary N) is 1. The van der Waals surface area contributed by atoms with Gasteiger partial charge in [0.25, 0.3) is 0 Å². The number of hydrogen-bond donors (Lipinski definition) is 1. The van der Waals surface area contributed by atoms with Crippen molar-refractivity contribution in [2.75, 3.05) is 36.5 Å². The van der Waals surface area contributed by atoms with Gasteiger partial charge >= 0.3 is 0 Å². The van der Waals surface area contributed by atoms with E-state index in [4.69, 9.17) is 4.74 Å². The Kier molecular flexibility index (Phi) is 3.32. The largest absolute Gasteiger partial charge is 0.378 e. The highest BCUT2D eigenvalue weighted by Gasteiger charge is 2.12. The van der Waals surface area contributed by atoms with Gasteiger partial charge in [0.2, 0.25) is 0 Å². The summed E-state index contributed by atoms with van der Waals surface area (Å²) in [5.74, 6) is 1.69. The molecule has 0 atom stereocenters. The van der Waals surface area contributed by atoms with E-state index in [9.17, 15) is 0 Å². The smallest absolute Gasteiger partial charge is 0.180 e. The highest BCUT2D eigenvalue weighted by molar-refractivity contribution is 5.69. The molecule has 0 radical (unpaired) electrons. The van der Waals surface area contributed by atoms with Crippen molar-refractivity contribution in [3.63, 3.8) is 0 Å². The Morgan fingerprint density at radius 3 is 2.59 bits per heavy atom. The molecule has 0 bridgehead atoms. The molecule has 3 aromatic rings. The highest BCUT2D eigenvalue weighted by atomic mass is 16.5. The Balaban J connectivity index is 1.54. The summed E-state index contributed by atoms with van der Waals surface area (Å²) in [6, 6.07) is 4.02. The van der Waals surface area contributed by atoms with Crippen molar-refractivity contribution in [1.29, 1.82) is 0 Å². The van der Waals surface area contributed by atoms with Gasteiger partial charge in [0.15, 0.2) is 11.5 Å². The second-order valence-electron chi connectivity index (χ2n) is 5.06. The molecule has 0 aromatic carbocycles. The van der Waals surface area contributed by atoms with E-state index in [-0.39, 0.29) is 0 Å². The van der Waals surface area contributed by atoms with E-state index >= 15 is 0 Å². The molecule has 22 heavy (non-hydrogen) atoms. The second-order valence-corrected chi connectivity index (χ2v) is 5.06. The zero-order valence-electron chi connectivity index (χ0n) is 12.0. The van der Waals surface area contributed by atoms with Crippen LogP contribution in [0.2, 0.25) is 0 Å². The average molecular weight is 296 g/mol. The minimum Gasteiger partial charge on any atom is -0.378 e. The van der Waals surface area contributed by atoms with Crippen LogP contribution in [0.5, 0.6) is 0 Å². The maximum Gasteiger partial charge on any atom is 0.180 e. The van der Waals surface area contributed by atoms with Crippen molar-refractivity contribution in [1.82, 2.24) is 19.4 Å². The molecule has 0 spiro atoms. The molecule has 7 heteroatoms. The first-order chi connectivity index (χ1) is 10.9. The van der Waals surface area contributed by atoms with E-state index in [0.29, 0.717) is 5.82 Å². The third-order valence-electron chi connectivity index (χ3n) is 3.66. The molecular formula is C15H16N6O. The van der Waals surface area contributed by atoms with E-state index < -0.39 is 0 Å². The van der Waals surface area contributed by atoms with Crippen LogP contribution in [0.4, 0.5) is 17.3 Å². The molecule has 0 unspecified atom stereocenters. The number of nitrogens with zero attached hydrogens (tertiary/aromatic N) is 5. The predicted octanol–water partition coefficient (Wildman–Crippen LogP) is 1.70. The van der Waals surface area contributed by atoms with Crippen LogP contribution in [0.3, 0.4) is 0 Å². The molecule has 7 nitrogen and oxygen atoms in total. The number of imidazole rings is 1. The van der Waals surface area contributed by atoms with Gasteiger partial charge < -0.3 is 19.4 Å². The SMILES string of the molecule is c1cn2ccnc2c(Nc2ccc(N3CCOCC3)nc2)n1. The molecule has 3 aromatic heterocycles. The number of fused-ring (bicyclic) bond motifs is 1. The van der Waals surface area contributed by atoms with Crippen LogP contribution in [0.25, 0.3) is 5.65 Å². The third-order valence-corrected chi connectivity index (χ3v) is 3.66. The van der Waals surface area contributed by atoms with Crippen molar-refractivity contribution in [2.24, 2.45) is 0 Å². The molecule has 1 N–H and O–H groups in total. The Labute approximate surface area is 127 Å². The normalized spacial score (nSPS) is 15.2. The second kappa shape index (κ2) is 5.61. The average Bonchev–Trinajstić information content (AvgIpc) is 3.06. The Hall–Kier alpha value is -2.67. The molecule has 112 valence electrons. The van der Waals surface area contributed by atoms with E-state index in [1.165, 1.54) is 0 Å². The highest BCUT2D eigenvalue weighted by Crippen LogP contribution is 2.20. The van der Waals surface area contributed by atoms with E-state index in [2.05, 4.69) is 25.2 Å². The standard InChI is InChI=1S/C15H16N6O/c1-2-13(20-7-9-22-10-8-20)18-11-12(1)19-14-15-17-4-6-21(15)5-3-16-14/h1-6,11H,7-10H2,(H,16,19). The maximum absolute atomic E-state index is 5.36. The lowest BCUT2D eigenvalue weighted by atomic mass is 10.3. The van der Waals surface area contributed by atoms with Crippen molar-refractivity contribution < 1.29 is 4.74 Å².